The summed E-state index contributed by atoms with van der Waals surface area (Å²) in [5.74, 6) is -0.904. The van der Waals surface area contributed by atoms with Gasteiger partial charge >= 0.3 is 12.1 Å². The Morgan fingerprint density at radius 1 is 1.36 bits per heavy atom. The number of carbonyl (C=O) groups is 1. The highest BCUT2D eigenvalue weighted by Crippen LogP contribution is 2.42. The number of fused-ring (bicyclic) bond motifs is 3. The highest BCUT2D eigenvalue weighted by molar-refractivity contribution is 5.89. The highest BCUT2D eigenvalue weighted by atomic mass is 19.4. The molecule has 2 aromatic heterocycles. The lowest BCUT2D eigenvalue weighted by Crippen LogP contribution is -2.32. The van der Waals surface area contributed by atoms with Gasteiger partial charge in [0.2, 0.25) is 0 Å². The van der Waals surface area contributed by atoms with Crippen LogP contribution in [0.5, 0.6) is 0 Å². The van der Waals surface area contributed by atoms with Gasteiger partial charge in [-0.3, -0.25) is 4.68 Å². The predicted molar refractivity (Wildman–Crippen MR) is 89.8 cm³/mol. The van der Waals surface area contributed by atoms with Gasteiger partial charge in [-0.2, -0.15) is 18.3 Å². The van der Waals surface area contributed by atoms with Crippen LogP contribution in [0.1, 0.15) is 27.3 Å². The average molecular weight is 397 g/mol. The van der Waals surface area contributed by atoms with Gasteiger partial charge in [-0.1, -0.05) is 0 Å². The fourth-order valence-electron chi connectivity index (χ4n) is 3.53. The van der Waals surface area contributed by atoms with Gasteiger partial charge in [0.1, 0.15) is 11.8 Å². The van der Waals surface area contributed by atoms with Crippen molar-refractivity contribution in [2.45, 2.75) is 31.7 Å². The van der Waals surface area contributed by atoms with E-state index in [4.69, 9.17) is 9.47 Å². The molecular formula is C18H18F3N3O4. The third kappa shape index (κ3) is 3.49. The molecule has 1 unspecified atom stereocenters. The Morgan fingerprint density at radius 2 is 2.18 bits per heavy atom. The number of esters is 1. The summed E-state index contributed by atoms with van der Waals surface area (Å²) in [7, 11) is 1.10. The molecule has 10 heteroatoms. The minimum absolute atomic E-state index is 0.0686. The lowest BCUT2D eigenvalue weighted by molar-refractivity contribution is -0.137. The third-order valence-corrected chi connectivity index (χ3v) is 4.78. The monoisotopic (exact) mass is 397 g/mol. The minimum atomic E-state index is -4.66. The molecule has 1 aliphatic heterocycles. The van der Waals surface area contributed by atoms with Gasteiger partial charge in [-0.05, 0) is 24.5 Å². The van der Waals surface area contributed by atoms with Gasteiger partial charge < -0.3 is 14.2 Å². The lowest BCUT2D eigenvalue weighted by atomic mass is 9.90. The second-order valence-corrected chi connectivity index (χ2v) is 6.66. The van der Waals surface area contributed by atoms with E-state index in [0.29, 0.717) is 38.3 Å². The van der Waals surface area contributed by atoms with E-state index in [-0.39, 0.29) is 35.2 Å². The van der Waals surface area contributed by atoms with Gasteiger partial charge in [0.05, 0.1) is 50.4 Å². The van der Waals surface area contributed by atoms with Crippen molar-refractivity contribution in [3.63, 3.8) is 0 Å². The zero-order valence-electron chi connectivity index (χ0n) is 15.1. The maximum Gasteiger partial charge on any atom is 0.417 e. The smallest absolute Gasteiger partial charge is 0.417 e. The first-order valence-electron chi connectivity index (χ1n) is 8.82. The first-order chi connectivity index (χ1) is 13.4. The second kappa shape index (κ2) is 7.17. The summed E-state index contributed by atoms with van der Waals surface area (Å²) in [4.78, 5) is 15.9. The Hall–Kier alpha value is -2.46. The molecule has 3 heterocycles. The standard InChI is InChI=1S/C18H18F3N3O4/c1-26-17(25)14-6-12(18(19,20)21)15-13(22-14)3-2-10-7-24(23-16(10)15)8-11-9-27-4-5-28-11/h6-7,11H,2-5,8-9H2,1H3. The molecule has 1 atom stereocenters. The van der Waals surface area contributed by atoms with Crippen LogP contribution in [-0.4, -0.2) is 53.8 Å². The molecular weight excluding hydrogens is 379 g/mol. The molecule has 1 saturated heterocycles. The van der Waals surface area contributed by atoms with Crippen LogP contribution in [0.3, 0.4) is 0 Å². The number of alkyl halides is 3. The fourth-order valence-corrected chi connectivity index (χ4v) is 3.53. The maximum absolute atomic E-state index is 13.7. The van der Waals surface area contributed by atoms with Gasteiger partial charge in [-0.25, -0.2) is 9.78 Å². The normalized spacial score (nSPS) is 19.1. The Morgan fingerprint density at radius 3 is 2.86 bits per heavy atom. The number of methoxy groups -OCH3 is 1. The van der Waals surface area contributed by atoms with Crippen molar-refractivity contribution in [2.24, 2.45) is 0 Å². The first kappa shape index (κ1) is 18.9. The number of aromatic nitrogens is 3. The quantitative estimate of drug-likeness (QED) is 0.740. The molecule has 0 spiro atoms. The summed E-state index contributed by atoms with van der Waals surface area (Å²) < 4.78 is 58.3. The second-order valence-electron chi connectivity index (χ2n) is 6.66. The Kier molecular flexibility index (Phi) is 4.84. The Labute approximate surface area is 158 Å². The van der Waals surface area contributed by atoms with Crippen LogP contribution < -0.4 is 0 Å². The number of carbonyl (C=O) groups excluding carboxylic acids is 1. The molecule has 0 saturated carbocycles. The van der Waals surface area contributed by atoms with E-state index < -0.39 is 17.7 Å². The van der Waals surface area contributed by atoms with Crippen LogP contribution in [0, 0.1) is 0 Å². The van der Waals surface area contributed by atoms with Crippen LogP contribution in [-0.2, 0) is 39.8 Å². The van der Waals surface area contributed by atoms with Gasteiger partial charge in [0, 0.05) is 11.8 Å². The fraction of sp³-hybridized carbons (Fsp3) is 0.500. The Bertz CT molecular complexity index is 904. The van der Waals surface area contributed by atoms with E-state index in [1.54, 1.807) is 10.9 Å². The maximum atomic E-state index is 13.7. The molecule has 4 rings (SSSR count). The van der Waals surface area contributed by atoms with Crippen molar-refractivity contribution in [3.8, 4) is 11.3 Å². The summed E-state index contributed by atoms with van der Waals surface area (Å²) in [5, 5.41) is 4.38. The minimum Gasteiger partial charge on any atom is -0.464 e. The molecule has 0 bridgehead atoms. The molecule has 2 aliphatic rings. The van der Waals surface area contributed by atoms with Crippen molar-refractivity contribution >= 4 is 5.97 Å². The summed E-state index contributed by atoms with van der Waals surface area (Å²) in [6, 6.07) is 0.733. The van der Waals surface area contributed by atoms with Crippen molar-refractivity contribution in [3.05, 3.63) is 34.8 Å². The zero-order chi connectivity index (χ0) is 19.9. The number of rotatable bonds is 3. The van der Waals surface area contributed by atoms with E-state index >= 15 is 0 Å². The first-order valence-corrected chi connectivity index (χ1v) is 8.82. The predicted octanol–water partition coefficient (Wildman–Crippen LogP) is 2.26. The number of halogens is 3. The molecule has 7 nitrogen and oxygen atoms in total. The summed E-state index contributed by atoms with van der Waals surface area (Å²) in [6.45, 7) is 1.81. The highest BCUT2D eigenvalue weighted by Gasteiger charge is 2.39. The van der Waals surface area contributed by atoms with E-state index in [1.807, 2.05) is 0 Å². The van der Waals surface area contributed by atoms with E-state index in [1.165, 1.54) is 0 Å². The molecule has 1 aliphatic carbocycles. The molecule has 2 aromatic rings. The number of ether oxygens (including phenoxy) is 3. The van der Waals surface area contributed by atoms with E-state index in [0.717, 1.165) is 13.2 Å². The topological polar surface area (TPSA) is 75.5 Å². The summed E-state index contributed by atoms with van der Waals surface area (Å²) in [5.41, 5.74) is -0.201. The zero-order valence-corrected chi connectivity index (χ0v) is 15.1. The van der Waals surface area contributed by atoms with Crippen LogP contribution in [0.15, 0.2) is 12.3 Å². The molecule has 0 amide bonds. The summed E-state index contributed by atoms with van der Waals surface area (Å²) >= 11 is 0. The van der Waals surface area contributed by atoms with Crippen molar-refractivity contribution in [1.82, 2.24) is 14.8 Å². The van der Waals surface area contributed by atoms with Crippen molar-refractivity contribution in [1.29, 1.82) is 0 Å². The van der Waals surface area contributed by atoms with Crippen LogP contribution >= 0.6 is 0 Å². The largest absolute Gasteiger partial charge is 0.464 e. The molecule has 150 valence electrons. The molecule has 0 radical (unpaired) electrons. The van der Waals surface area contributed by atoms with Crippen molar-refractivity contribution in [2.75, 3.05) is 26.9 Å². The van der Waals surface area contributed by atoms with E-state index in [2.05, 4.69) is 14.8 Å². The van der Waals surface area contributed by atoms with Crippen molar-refractivity contribution < 1.29 is 32.2 Å². The van der Waals surface area contributed by atoms with Gasteiger partial charge in [0.15, 0.2) is 0 Å². The number of hydrogen-bond donors (Lipinski definition) is 0. The van der Waals surface area contributed by atoms with Crippen LogP contribution in [0.25, 0.3) is 11.3 Å². The number of pyridine rings is 1. The molecule has 0 N–H and O–H groups in total. The number of hydrogen-bond acceptors (Lipinski definition) is 6. The number of nitrogens with zero attached hydrogens (tertiary/aromatic N) is 3. The third-order valence-electron chi connectivity index (χ3n) is 4.78. The summed E-state index contributed by atoms with van der Waals surface area (Å²) in [6.07, 6.45) is -2.35. The molecule has 0 aromatic carbocycles. The Balaban J connectivity index is 1.76. The van der Waals surface area contributed by atoms with Gasteiger partial charge in [0.25, 0.3) is 0 Å². The van der Waals surface area contributed by atoms with Gasteiger partial charge in [-0.15, -0.1) is 0 Å². The average Bonchev–Trinajstić information content (AvgIpc) is 3.09. The van der Waals surface area contributed by atoms with Crippen LogP contribution in [0.4, 0.5) is 13.2 Å². The van der Waals surface area contributed by atoms with E-state index in [9.17, 15) is 18.0 Å². The number of aryl methyl sites for hydroxylation is 2. The van der Waals surface area contributed by atoms with Crippen LogP contribution in [0.2, 0.25) is 0 Å². The molecule has 28 heavy (non-hydrogen) atoms. The lowest BCUT2D eigenvalue weighted by Gasteiger charge is -2.22. The molecule has 1 fully saturated rings. The SMILES string of the molecule is COC(=O)c1cc(C(F)(F)F)c2c(n1)CCc1cn(CC3COCCO3)nc1-2.